The maximum absolute atomic E-state index is 12.5. The average Bonchev–Trinajstić information content (AvgIpc) is 2.91. The van der Waals surface area contributed by atoms with E-state index in [-0.39, 0.29) is 29.5 Å². The highest BCUT2D eigenvalue weighted by atomic mass is 32.2. The number of aliphatic carboxylic acids is 1. The number of carboxylic acid groups (broad SMARTS) is 1. The Kier molecular flexibility index (Phi) is 6.24. The molecule has 0 radical (unpaired) electrons. The molecule has 0 aromatic carbocycles. The van der Waals surface area contributed by atoms with E-state index >= 15 is 0 Å². The van der Waals surface area contributed by atoms with Crippen molar-refractivity contribution in [3.8, 4) is 0 Å². The van der Waals surface area contributed by atoms with Crippen LogP contribution in [0.2, 0.25) is 0 Å². The molecule has 3 aliphatic heterocycles. The Morgan fingerprint density at radius 2 is 1.97 bits per heavy atom. The second-order valence-electron chi connectivity index (χ2n) is 9.43. The number of carbonyl (C=O) groups excluding carboxylic acids is 1. The summed E-state index contributed by atoms with van der Waals surface area (Å²) in [6.45, 7) is 6.23. The van der Waals surface area contributed by atoms with Crippen LogP contribution in [0.4, 0.5) is 0 Å². The number of carboxylic acids is 1. The molecule has 10 heteroatoms. The fourth-order valence-corrected chi connectivity index (χ4v) is 7.21. The highest BCUT2D eigenvalue weighted by Gasteiger charge is 2.60. The number of hydrogen-bond acceptors (Lipinski definition) is 6. The number of fused-ring (bicyclic) bond motifs is 1. The van der Waals surface area contributed by atoms with Crippen LogP contribution in [0, 0.1) is 23.2 Å². The topological polar surface area (TPSA) is 143 Å². The van der Waals surface area contributed by atoms with Crippen LogP contribution in [0.3, 0.4) is 0 Å². The zero-order valence-electron chi connectivity index (χ0n) is 18.1. The molecular formula is C21H33N5O4S. The number of rotatable bonds is 7. The maximum atomic E-state index is 12.5. The molecule has 0 unspecified atom stereocenters. The van der Waals surface area contributed by atoms with Gasteiger partial charge < -0.3 is 26.2 Å². The first-order valence-electron chi connectivity index (χ1n) is 11.2. The molecule has 3 fully saturated rings. The molecule has 31 heavy (non-hydrogen) atoms. The largest absolute Gasteiger partial charge is 0.477 e. The summed E-state index contributed by atoms with van der Waals surface area (Å²) < 4.78 is 0. The fraction of sp³-hybridized carbons (Fsp3) is 0.762. The highest BCUT2D eigenvalue weighted by molar-refractivity contribution is 8.03. The molecule has 1 amide bonds. The lowest BCUT2D eigenvalue weighted by Gasteiger charge is -2.47. The number of carbonyl (C=O) groups is 2. The first-order chi connectivity index (χ1) is 14.7. The molecule has 1 aliphatic carbocycles. The number of likely N-dealkylation sites (tertiary alicyclic amines) is 1. The van der Waals surface area contributed by atoms with Crippen molar-refractivity contribution in [2.75, 3.05) is 19.6 Å². The van der Waals surface area contributed by atoms with E-state index in [1.165, 1.54) is 4.90 Å². The van der Waals surface area contributed by atoms with Gasteiger partial charge in [-0.15, -0.1) is 11.8 Å². The first kappa shape index (κ1) is 22.4. The number of β-lactam (4-membered cyclic amide) rings is 1. The van der Waals surface area contributed by atoms with Crippen molar-refractivity contribution in [3.05, 3.63) is 10.6 Å². The van der Waals surface area contributed by atoms with Crippen molar-refractivity contribution < 1.29 is 19.8 Å². The molecule has 3 heterocycles. The Morgan fingerprint density at radius 1 is 1.32 bits per heavy atom. The molecule has 0 aromatic rings. The number of hydrogen-bond donors (Lipinski definition) is 5. The van der Waals surface area contributed by atoms with Crippen molar-refractivity contribution in [2.24, 2.45) is 23.5 Å². The van der Waals surface area contributed by atoms with Crippen molar-refractivity contribution in [1.82, 2.24) is 15.1 Å². The van der Waals surface area contributed by atoms with Gasteiger partial charge in [-0.1, -0.05) is 6.92 Å². The highest BCUT2D eigenvalue weighted by Crippen LogP contribution is 2.52. The summed E-state index contributed by atoms with van der Waals surface area (Å²) in [5.41, 5.74) is 5.50. The van der Waals surface area contributed by atoms with E-state index in [0.29, 0.717) is 17.2 Å². The van der Waals surface area contributed by atoms with Gasteiger partial charge in [0.2, 0.25) is 5.91 Å². The molecule has 0 aromatic heterocycles. The van der Waals surface area contributed by atoms with E-state index in [1.807, 2.05) is 6.92 Å². The number of nitrogens with two attached hydrogens (primary N) is 1. The molecule has 1 saturated carbocycles. The number of aliphatic hydroxyl groups is 1. The third-order valence-corrected chi connectivity index (χ3v) is 8.85. The van der Waals surface area contributed by atoms with Crippen molar-refractivity contribution in [2.45, 2.75) is 63.0 Å². The SMILES string of the molecule is C[C@@H](O)[C@H]1C(=O)N2C(C(=O)O)=C(SC3CN([C@H]4CC[C@@H](CNC(=N)N)CC4)C3)[C@H](C)[C@H]12. The second kappa shape index (κ2) is 8.63. The van der Waals surface area contributed by atoms with Gasteiger partial charge >= 0.3 is 5.97 Å². The molecular weight excluding hydrogens is 418 g/mol. The summed E-state index contributed by atoms with van der Waals surface area (Å²) in [4.78, 5) is 29.1. The second-order valence-corrected chi connectivity index (χ2v) is 10.8. The normalized spacial score (nSPS) is 34.7. The van der Waals surface area contributed by atoms with E-state index in [9.17, 15) is 19.8 Å². The standard InChI is InChI=1S/C21H33N5O4S/c1-10-16-15(11(2)27)19(28)26(16)17(20(29)30)18(10)31-14-8-25(9-14)13-5-3-12(4-6-13)7-24-21(22)23/h10-16,27H,3-9H2,1-2H3,(H,29,30)(H4,22,23,24)/t10-,11-,12-,13+,15-,16-/m1/s1. The van der Waals surface area contributed by atoms with Crippen LogP contribution in [0.25, 0.3) is 0 Å². The van der Waals surface area contributed by atoms with E-state index in [0.717, 1.165) is 50.2 Å². The van der Waals surface area contributed by atoms with E-state index < -0.39 is 18.0 Å². The number of aliphatic hydroxyl groups excluding tert-OH is 1. The minimum atomic E-state index is -1.05. The smallest absolute Gasteiger partial charge is 0.353 e. The number of amides is 1. The lowest BCUT2D eigenvalue weighted by atomic mass is 9.79. The van der Waals surface area contributed by atoms with Crippen LogP contribution >= 0.6 is 11.8 Å². The van der Waals surface area contributed by atoms with Gasteiger partial charge in [-0.25, -0.2) is 4.79 Å². The predicted molar refractivity (Wildman–Crippen MR) is 118 cm³/mol. The van der Waals surface area contributed by atoms with Crippen LogP contribution in [0.15, 0.2) is 10.6 Å². The molecule has 4 aliphatic rings. The Balaban J connectivity index is 1.31. The van der Waals surface area contributed by atoms with Crippen LogP contribution in [0.5, 0.6) is 0 Å². The molecule has 6 N–H and O–H groups in total. The van der Waals surface area contributed by atoms with Gasteiger partial charge in [0, 0.05) is 41.7 Å². The van der Waals surface area contributed by atoms with Crippen LogP contribution < -0.4 is 11.1 Å². The van der Waals surface area contributed by atoms with Gasteiger partial charge in [-0.05, 0) is 38.5 Å². The zero-order valence-corrected chi connectivity index (χ0v) is 18.9. The molecule has 4 rings (SSSR count). The molecule has 172 valence electrons. The fourth-order valence-electron chi connectivity index (χ4n) is 5.67. The van der Waals surface area contributed by atoms with E-state index in [2.05, 4.69) is 10.2 Å². The number of nitrogens with one attached hydrogen (secondary N) is 2. The summed E-state index contributed by atoms with van der Waals surface area (Å²) in [5, 5.41) is 30.3. The summed E-state index contributed by atoms with van der Waals surface area (Å²) in [6.07, 6.45) is 3.77. The van der Waals surface area contributed by atoms with Crippen molar-refractivity contribution in [3.63, 3.8) is 0 Å². The minimum Gasteiger partial charge on any atom is -0.477 e. The Labute approximate surface area is 186 Å². The quantitative estimate of drug-likeness (QED) is 0.215. The van der Waals surface area contributed by atoms with Gasteiger partial charge in [0.1, 0.15) is 5.70 Å². The lowest BCUT2D eigenvalue weighted by molar-refractivity contribution is -0.163. The van der Waals surface area contributed by atoms with Gasteiger partial charge in [0.25, 0.3) is 0 Å². The monoisotopic (exact) mass is 451 g/mol. The van der Waals surface area contributed by atoms with Crippen LogP contribution in [-0.2, 0) is 9.59 Å². The molecule has 0 spiro atoms. The summed E-state index contributed by atoms with van der Waals surface area (Å²) in [5.74, 6) is -1.29. The number of thioether (sulfide) groups is 1. The third kappa shape index (κ3) is 4.05. The van der Waals surface area contributed by atoms with Crippen LogP contribution in [0.1, 0.15) is 39.5 Å². The van der Waals surface area contributed by atoms with Gasteiger partial charge in [-0.3, -0.25) is 15.1 Å². The third-order valence-electron chi connectivity index (χ3n) is 7.39. The minimum absolute atomic E-state index is 0.0344. The Bertz CT molecular complexity index is 789. The van der Waals surface area contributed by atoms with E-state index in [1.54, 1.807) is 18.7 Å². The zero-order chi connectivity index (χ0) is 22.4. The van der Waals surface area contributed by atoms with Gasteiger partial charge in [0.05, 0.1) is 18.1 Å². The molecule has 2 saturated heterocycles. The number of guanidine groups is 1. The lowest BCUT2D eigenvalue weighted by Crippen LogP contribution is -2.63. The molecule has 4 atom stereocenters. The van der Waals surface area contributed by atoms with E-state index in [4.69, 9.17) is 11.1 Å². The average molecular weight is 452 g/mol. The predicted octanol–water partition coefficient (Wildman–Crippen LogP) is 0.599. The summed E-state index contributed by atoms with van der Waals surface area (Å²) >= 11 is 1.62. The molecule has 9 nitrogen and oxygen atoms in total. The molecule has 0 bridgehead atoms. The van der Waals surface area contributed by atoms with Crippen molar-refractivity contribution in [1.29, 1.82) is 5.41 Å². The maximum Gasteiger partial charge on any atom is 0.353 e. The van der Waals surface area contributed by atoms with Crippen molar-refractivity contribution >= 4 is 29.6 Å². The van der Waals surface area contributed by atoms with Gasteiger partial charge in [0.15, 0.2) is 5.96 Å². The summed E-state index contributed by atoms with van der Waals surface area (Å²) in [7, 11) is 0. The first-order valence-corrected chi connectivity index (χ1v) is 12.0. The Hall–Kier alpha value is -1.78. The van der Waals surface area contributed by atoms with Crippen LogP contribution in [-0.4, -0.2) is 80.9 Å². The van der Waals surface area contributed by atoms with Gasteiger partial charge in [-0.2, -0.15) is 0 Å². The number of nitrogens with zero attached hydrogens (tertiary/aromatic N) is 2. The summed E-state index contributed by atoms with van der Waals surface area (Å²) in [6, 6.07) is 0.330. The Morgan fingerprint density at radius 3 is 2.52 bits per heavy atom.